The molecule has 8 N–H and O–H groups in total. The summed E-state index contributed by atoms with van der Waals surface area (Å²) >= 11 is 28.9. The van der Waals surface area contributed by atoms with E-state index in [1.165, 1.54) is 104 Å². The number of fused-ring (bicyclic) bond motifs is 3. The van der Waals surface area contributed by atoms with Crippen LogP contribution in [0, 0.1) is 24.6 Å². The molecule has 0 radical (unpaired) electrons. The number of hydrogen-bond donors (Lipinski definition) is 7. The van der Waals surface area contributed by atoms with Gasteiger partial charge in [0.15, 0.2) is 24.1 Å². The van der Waals surface area contributed by atoms with Crippen LogP contribution in [0.3, 0.4) is 0 Å². The predicted molar refractivity (Wildman–Crippen MR) is 434 cm³/mol. The summed E-state index contributed by atoms with van der Waals surface area (Å²) in [5, 5.41) is 42.5. The molecular formula is C78H65BCl4F3I2N9O11. The molecule has 0 unspecified atom stereocenters. The largest absolute Gasteiger partial charge is 0.526 e. The van der Waals surface area contributed by atoms with Crippen molar-refractivity contribution in [1.82, 2.24) is 29.9 Å². The van der Waals surface area contributed by atoms with Crippen LogP contribution in [-0.4, -0.2) is 82.6 Å². The number of furan rings is 2. The first-order chi connectivity index (χ1) is 54.2. The van der Waals surface area contributed by atoms with Crippen LogP contribution in [0.25, 0.3) is 44.0 Å². The number of nitrogens with two attached hydrogens (primary N) is 1. The minimum absolute atomic E-state index is 0.0258. The van der Waals surface area contributed by atoms with Gasteiger partial charge in [0.05, 0.1) is 39.8 Å². The van der Waals surface area contributed by atoms with Crippen molar-refractivity contribution in [2.75, 3.05) is 23.0 Å². The van der Waals surface area contributed by atoms with Gasteiger partial charge in [0.2, 0.25) is 0 Å². The summed E-state index contributed by atoms with van der Waals surface area (Å²) in [5.74, 6) is 0.703. The average Bonchev–Trinajstić information content (AvgIpc) is 1.78. The molecule has 14 rings (SSSR count). The van der Waals surface area contributed by atoms with E-state index in [1.807, 2.05) is 54.6 Å². The maximum atomic E-state index is 13.5. The van der Waals surface area contributed by atoms with Crippen molar-refractivity contribution in [2.45, 2.75) is 46.6 Å². The topological polar surface area (TPSA) is 296 Å². The fourth-order valence-electron chi connectivity index (χ4n) is 8.77. The fraction of sp³-hybridized carbons (Fsp3) is 0.103. The summed E-state index contributed by atoms with van der Waals surface area (Å²) in [6.45, 7) is -1.36. The molecule has 108 heavy (non-hydrogen) atoms. The van der Waals surface area contributed by atoms with Crippen molar-refractivity contribution in [3.8, 4) is 28.6 Å². The highest BCUT2D eigenvalue weighted by atomic mass is 127. The van der Waals surface area contributed by atoms with Crippen molar-refractivity contribution < 1.29 is 74.3 Å². The zero-order valence-corrected chi connectivity index (χ0v) is 64.0. The normalized spacial score (nSPS) is 11.6. The van der Waals surface area contributed by atoms with Gasteiger partial charge in [-0.3, -0.25) is 9.59 Å². The first-order valence-electron chi connectivity index (χ1n) is 34.7. The molecule has 5 aromatic heterocycles. The van der Waals surface area contributed by atoms with Crippen LogP contribution < -0.4 is 36.2 Å². The summed E-state index contributed by atoms with van der Waals surface area (Å²) in [5.41, 5.74) is 10.5. The third-order valence-corrected chi connectivity index (χ3v) is 16.0. The van der Waals surface area contributed by atoms with Crippen molar-refractivity contribution >= 4 is 178 Å². The number of carbonyl (C=O) groups is 2. The lowest BCUT2D eigenvalue weighted by Gasteiger charge is -2.12. The monoisotopic (exact) mass is 1770 g/mol. The van der Waals surface area contributed by atoms with Crippen molar-refractivity contribution in [1.29, 1.82) is 0 Å². The third kappa shape index (κ3) is 26.5. The molecule has 0 aliphatic heterocycles. The second-order valence-corrected chi connectivity index (χ2v) is 26.1. The summed E-state index contributed by atoms with van der Waals surface area (Å²) < 4.78 is 117. The van der Waals surface area contributed by atoms with Crippen molar-refractivity contribution in [2.24, 2.45) is 0 Å². The van der Waals surface area contributed by atoms with E-state index in [0.717, 1.165) is 52.7 Å². The number of carbonyl (C=O) groups excluding carboxylic acids is 2. The number of hydrogen-bond acceptors (Lipinski definition) is 20. The van der Waals surface area contributed by atoms with Crippen LogP contribution in [0.4, 0.5) is 41.9 Å². The lowest BCUT2D eigenvalue weighted by molar-refractivity contribution is 0.109. The molecule has 0 spiro atoms. The van der Waals surface area contributed by atoms with E-state index < -0.39 is 44.2 Å². The Kier molecular flexibility index (Phi) is 29.5. The highest BCUT2D eigenvalue weighted by Gasteiger charge is 2.17. The van der Waals surface area contributed by atoms with Gasteiger partial charge in [0, 0.05) is 58.6 Å². The number of nitrogens with zero attached hydrogens (tertiary/aromatic N) is 6. The van der Waals surface area contributed by atoms with Crippen molar-refractivity contribution in [3.63, 3.8) is 0 Å². The van der Waals surface area contributed by atoms with Gasteiger partial charge in [-0.05, 0) is 253 Å². The highest BCUT2D eigenvalue weighted by Crippen LogP contribution is 2.35. The van der Waals surface area contributed by atoms with Crippen LogP contribution in [0.15, 0.2) is 234 Å². The zero-order valence-electron chi connectivity index (χ0n) is 62.7. The number of halogens is 9. The molecule has 5 heterocycles. The number of aliphatic hydroxyl groups excluding tert-OH is 2. The Morgan fingerprint density at radius 1 is 0.528 bits per heavy atom. The SMILES string of the molecule is CC(C)O.CCO.Clc1ncnc2ccc(I)cc12.O=Cc1ccc(B(O)O)o1.[2H]C([2H])(Oc1ccc(N)cc1Cl)c1cccc(F)c1.[2H]C([2H])(Oc1ccc(Nc2ncnc3ccc(-c4ccc(C=O)o4)cc23)cc1Cl)c1cccc(F)c1.[2H]C([2H])(Oc1ccc(Nc2ncnc3ccc(I)cc23)cc1Cl)c1cccc(F)c1. The van der Waals surface area contributed by atoms with Gasteiger partial charge >= 0.3 is 7.12 Å². The first kappa shape index (κ1) is 74.9. The van der Waals surface area contributed by atoms with E-state index in [2.05, 4.69) is 90.1 Å². The Morgan fingerprint density at radius 3 is 1.35 bits per heavy atom. The van der Waals surface area contributed by atoms with Gasteiger partial charge in [-0.25, -0.2) is 43.1 Å². The Morgan fingerprint density at radius 2 is 0.935 bits per heavy atom. The molecular weight excluding hydrogens is 1700 g/mol. The summed E-state index contributed by atoms with van der Waals surface area (Å²) in [6, 6.07) is 52.8. The molecule has 0 saturated heterocycles. The minimum atomic E-state index is -2.30. The zero-order chi connectivity index (χ0) is 83.0. The first-order valence-corrected chi connectivity index (χ1v) is 35.3. The number of nitrogens with one attached hydrogen (secondary N) is 2. The molecule has 20 nitrogen and oxygen atoms in total. The Labute approximate surface area is 673 Å². The summed E-state index contributed by atoms with van der Waals surface area (Å²) in [4.78, 5) is 46.1. The van der Waals surface area contributed by atoms with E-state index in [-0.39, 0.29) is 78.9 Å². The molecule has 0 bridgehead atoms. The van der Waals surface area contributed by atoms with Crippen LogP contribution >= 0.6 is 91.6 Å². The lowest BCUT2D eigenvalue weighted by atomic mass is 9.88. The molecule has 0 fully saturated rings. The summed E-state index contributed by atoms with van der Waals surface area (Å²) in [7, 11) is -1.64. The Hall–Kier alpha value is -9.99. The van der Waals surface area contributed by atoms with Crippen LogP contribution in [0.5, 0.6) is 17.2 Å². The number of rotatable bonds is 17. The molecule has 0 aliphatic carbocycles. The van der Waals surface area contributed by atoms with E-state index in [9.17, 15) is 22.8 Å². The number of ether oxygens (including phenoxy) is 3. The second kappa shape index (κ2) is 42.5. The standard InChI is InChI=1S/C26H17ClFN3O3.C21H14ClFIN3O.C13H11ClFNO.C8H4ClIN2.C5H5BO4.C3H8O.C2H6O/c27-22-12-19(5-8-25(22)33-14-16-2-1-3-18(28)10-16)31-26-21-11-17(4-7-23(21)29-15-30-26)24-9-6-20(13-32)34-24;22-18-10-16(5-7-20(18)28-11-13-2-1-3-14(23)8-13)27-21-17-9-15(24)4-6-19(17)25-12-26-21;14-12-7-11(16)4-5-13(12)17-8-9-2-1-3-10(15)6-9;9-8-6-3-5(10)1-2-7(6)11-4-12-8;7-3-4-1-2-5(10-4)6(8)9;1-3(2)4;1-2-3/h1-13,15H,14H2,(H,29,30,31);1-10,12H,11H2,(H,25,26,27);1-7H,8,16H2;1-4H;1-3,8-9H;3-4H,1-2H3;3H,2H2,1H3/i14D2;11D2;8D2;;;;. The maximum absolute atomic E-state index is 13.5. The van der Waals surface area contributed by atoms with Crippen LogP contribution in [0.2, 0.25) is 20.2 Å². The predicted octanol–water partition coefficient (Wildman–Crippen LogP) is 18.9. The molecule has 30 heteroatoms. The molecule has 0 saturated carbocycles. The number of aromatic nitrogens is 6. The molecule has 554 valence electrons. The Balaban J connectivity index is 0.000000186. The van der Waals surface area contributed by atoms with Crippen LogP contribution in [-0.2, 0) is 19.7 Å². The Bertz CT molecular complexity index is 5630. The van der Waals surface area contributed by atoms with Gasteiger partial charge in [0.1, 0.15) is 102 Å². The maximum Gasteiger partial charge on any atom is 0.526 e. The molecule has 0 atom stereocenters. The van der Waals surface area contributed by atoms with Gasteiger partial charge < -0.3 is 59.7 Å². The molecule has 0 amide bonds. The smallest absolute Gasteiger partial charge is 0.487 e. The van der Waals surface area contributed by atoms with Gasteiger partial charge in [-0.2, -0.15) is 0 Å². The highest BCUT2D eigenvalue weighted by molar-refractivity contribution is 14.1. The minimum Gasteiger partial charge on any atom is -0.487 e. The molecule has 9 aromatic carbocycles. The van der Waals surface area contributed by atoms with Gasteiger partial charge in [0.25, 0.3) is 0 Å². The van der Waals surface area contributed by atoms with Gasteiger partial charge in [-0.1, -0.05) is 82.8 Å². The van der Waals surface area contributed by atoms with Gasteiger partial charge in [-0.15, -0.1) is 0 Å². The fourth-order valence-corrected chi connectivity index (χ4v) is 10.6. The third-order valence-electron chi connectivity index (χ3n) is 13.5. The lowest BCUT2D eigenvalue weighted by Crippen LogP contribution is -2.27. The van der Waals surface area contributed by atoms with E-state index in [1.54, 1.807) is 69.3 Å². The van der Waals surface area contributed by atoms with Crippen molar-refractivity contribution in [3.05, 3.63) is 298 Å². The number of aldehydes is 2. The summed E-state index contributed by atoms with van der Waals surface area (Å²) in [6.07, 6.45) is 5.34. The van der Waals surface area contributed by atoms with Crippen LogP contribution in [0.1, 0.15) is 66.8 Å². The molecule has 14 aromatic rings. The van der Waals surface area contributed by atoms with E-state index in [0.29, 0.717) is 63.1 Å². The average molecular weight is 1770 g/mol. The number of aliphatic hydroxyl groups is 2. The number of nitrogen functional groups attached to an aromatic ring is 1. The van der Waals surface area contributed by atoms with E-state index in [4.69, 9.17) is 99.3 Å². The number of benzene rings is 9. The second-order valence-electron chi connectivity index (χ2n) is 22.0. The quantitative estimate of drug-likeness (QED) is 0.0146. The van der Waals surface area contributed by atoms with E-state index >= 15 is 0 Å². The number of anilines is 5. The molecule has 0 aliphatic rings.